The van der Waals surface area contributed by atoms with E-state index < -0.39 is 0 Å². The van der Waals surface area contributed by atoms with Gasteiger partial charge in [0.05, 0.1) is 18.3 Å². The molecule has 1 aliphatic heterocycles. The lowest BCUT2D eigenvalue weighted by atomic mass is 9.95. The zero-order valence-electron chi connectivity index (χ0n) is 20.0. The number of fused-ring (bicyclic) bond motifs is 5. The molecular weight excluding hydrogens is 457 g/mol. The Labute approximate surface area is 209 Å². The molecule has 0 unspecified atom stereocenters. The summed E-state index contributed by atoms with van der Waals surface area (Å²) in [5.41, 5.74) is 7.69. The van der Waals surface area contributed by atoms with Gasteiger partial charge in [0.15, 0.2) is 0 Å². The van der Waals surface area contributed by atoms with Crippen molar-refractivity contribution in [2.75, 3.05) is 5.32 Å². The lowest BCUT2D eigenvalue weighted by Crippen LogP contribution is -2.38. The minimum Gasteiger partial charge on any atom is -0.310 e. The molecule has 1 atom stereocenters. The van der Waals surface area contributed by atoms with E-state index in [1.165, 1.54) is 51.5 Å². The van der Waals surface area contributed by atoms with E-state index in [0.29, 0.717) is 6.54 Å². The first-order valence-electron chi connectivity index (χ1n) is 12.2. The van der Waals surface area contributed by atoms with Crippen LogP contribution in [-0.2, 0) is 19.4 Å². The van der Waals surface area contributed by atoms with Gasteiger partial charge in [-0.05, 0) is 98.2 Å². The average molecular weight is 486 g/mol. The smallest absolute Gasteiger partial charge is 0.310 e. The van der Waals surface area contributed by atoms with Crippen LogP contribution in [0.5, 0.6) is 0 Å². The number of rotatable bonds is 2. The maximum absolute atomic E-state index is 13.9. The highest BCUT2D eigenvalue weighted by molar-refractivity contribution is 7.15. The Morgan fingerprint density at radius 3 is 2.60 bits per heavy atom. The Morgan fingerprint density at radius 2 is 1.80 bits per heavy atom. The van der Waals surface area contributed by atoms with E-state index in [2.05, 4.69) is 36.0 Å². The van der Waals surface area contributed by atoms with Crippen molar-refractivity contribution in [1.29, 1.82) is 0 Å². The number of halogens is 1. The molecule has 2 aliphatic rings. The number of thiophene rings is 1. The van der Waals surface area contributed by atoms with Crippen LogP contribution < -0.4 is 5.32 Å². The minimum absolute atomic E-state index is 0.154. The lowest BCUT2D eigenvalue weighted by molar-refractivity contribution is 0.194. The summed E-state index contributed by atoms with van der Waals surface area (Å²) < 4.78 is 16.1. The second kappa shape index (κ2) is 8.68. The third kappa shape index (κ3) is 3.86. The molecular formula is C29H28FN3OS. The van der Waals surface area contributed by atoms with Crippen LogP contribution in [0.1, 0.15) is 57.3 Å². The molecule has 1 N–H and O–H groups in total. The number of aromatic nitrogens is 1. The molecule has 0 bridgehead atoms. The molecule has 178 valence electrons. The van der Waals surface area contributed by atoms with E-state index in [-0.39, 0.29) is 17.9 Å². The predicted molar refractivity (Wildman–Crippen MR) is 139 cm³/mol. The molecule has 35 heavy (non-hydrogen) atoms. The van der Waals surface area contributed by atoms with Gasteiger partial charge in [0.25, 0.3) is 0 Å². The van der Waals surface area contributed by atoms with Crippen molar-refractivity contribution in [2.45, 2.75) is 52.1 Å². The Kier molecular flexibility index (Phi) is 5.49. The summed E-state index contributed by atoms with van der Waals surface area (Å²) in [5, 5.41) is 4.37. The normalized spacial score (nSPS) is 16.8. The Bertz CT molecular complexity index is 1420. The summed E-state index contributed by atoms with van der Waals surface area (Å²) in [6.45, 7) is 4.63. The highest BCUT2D eigenvalue weighted by Gasteiger charge is 2.36. The molecule has 3 heterocycles. The van der Waals surface area contributed by atoms with Crippen LogP contribution in [0, 0.1) is 19.7 Å². The predicted octanol–water partition coefficient (Wildman–Crippen LogP) is 7.31. The van der Waals surface area contributed by atoms with Gasteiger partial charge in [-0.1, -0.05) is 18.2 Å². The van der Waals surface area contributed by atoms with Crippen LogP contribution in [-0.4, -0.2) is 15.5 Å². The van der Waals surface area contributed by atoms with Gasteiger partial charge in [-0.25, -0.2) is 9.18 Å². The molecule has 0 fully saturated rings. The molecule has 0 radical (unpaired) electrons. The monoisotopic (exact) mass is 485 g/mol. The van der Waals surface area contributed by atoms with E-state index >= 15 is 0 Å². The highest BCUT2D eigenvalue weighted by atomic mass is 32.1. The number of benzene rings is 2. The minimum atomic E-state index is -0.337. The fourth-order valence-corrected chi connectivity index (χ4v) is 6.80. The fourth-order valence-electron chi connectivity index (χ4n) is 5.40. The first-order valence-corrected chi connectivity index (χ1v) is 13.0. The second-order valence-corrected chi connectivity index (χ2v) is 10.7. The van der Waals surface area contributed by atoms with Gasteiger partial charge in [-0.15, -0.1) is 11.3 Å². The molecule has 0 spiro atoms. The number of nitrogens with one attached hydrogen (secondary N) is 1. The molecule has 0 saturated carbocycles. The number of aryl methyl sites for hydroxylation is 3. The van der Waals surface area contributed by atoms with Gasteiger partial charge >= 0.3 is 6.03 Å². The molecule has 2 aromatic carbocycles. The number of hydrogen-bond acceptors (Lipinski definition) is 2. The number of anilines is 1. The van der Waals surface area contributed by atoms with E-state index in [4.69, 9.17) is 0 Å². The maximum atomic E-state index is 13.9. The Hall–Kier alpha value is -3.38. The molecule has 6 heteroatoms. The lowest BCUT2D eigenvalue weighted by Gasteiger charge is -2.31. The number of hydrogen-bond donors (Lipinski definition) is 1. The van der Waals surface area contributed by atoms with E-state index in [1.54, 1.807) is 12.1 Å². The van der Waals surface area contributed by atoms with Gasteiger partial charge in [-0.2, -0.15) is 0 Å². The standard InChI is InChI=1S/C29H28FN3OS/c1-18-9-14-22(16-19(18)2)31-29(34)33-17-24-23-6-3-4-8-26(23)35-28(24)32-15-5-7-25(32)27(33)20-10-12-21(30)13-11-20/h5,7,9-16,27H,3-4,6,8,17H2,1-2H3,(H,31,34)/t27-/m0/s1. The highest BCUT2D eigenvalue weighted by Crippen LogP contribution is 2.44. The molecule has 0 saturated heterocycles. The Balaban J connectivity index is 1.48. The van der Waals surface area contributed by atoms with Crippen LogP contribution in [0.2, 0.25) is 0 Å². The quantitative estimate of drug-likeness (QED) is 0.318. The average Bonchev–Trinajstić information content (AvgIpc) is 3.44. The number of carbonyl (C=O) groups is 1. The second-order valence-electron chi connectivity index (χ2n) is 9.61. The summed E-state index contributed by atoms with van der Waals surface area (Å²) in [6, 6.07) is 16.2. The van der Waals surface area contributed by atoms with Crippen molar-refractivity contribution < 1.29 is 9.18 Å². The number of carbonyl (C=O) groups excluding carboxylic acids is 1. The number of amides is 2. The summed E-state index contributed by atoms with van der Waals surface area (Å²) in [6.07, 6.45) is 6.67. The van der Waals surface area contributed by atoms with Crippen molar-refractivity contribution >= 4 is 23.1 Å². The largest absolute Gasteiger partial charge is 0.322 e. The first-order chi connectivity index (χ1) is 17.0. The summed E-state index contributed by atoms with van der Waals surface area (Å²) >= 11 is 1.86. The molecule has 6 rings (SSSR count). The summed E-state index contributed by atoms with van der Waals surface area (Å²) in [4.78, 5) is 17.3. The van der Waals surface area contributed by atoms with Gasteiger partial charge in [0.2, 0.25) is 0 Å². The summed E-state index contributed by atoms with van der Waals surface area (Å²) in [5.74, 6) is -0.280. The van der Waals surface area contributed by atoms with E-state index in [0.717, 1.165) is 35.3 Å². The van der Waals surface area contributed by atoms with Crippen molar-refractivity contribution in [2.24, 2.45) is 0 Å². The molecule has 2 amide bonds. The van der Waals surface area contributed by atoms with Crippen molar-refractivity contribution in [3.8, 4) is 5.00 Å². The van der Waals surface area contributed by atoms with Crippen LogP contribution >= 0.6 is 11.3 Å². The van der Waals surface area contributed by atoms with Gasteiger partial charge in [-0.3, -0.25) is 0 Å². The topological polar surface area (TPSA) is 37.3 Å². The first kappa shape index (κ1) is 22.1. The van der Waals surface area contributed by atoms with Crippen LogP contribution in [0.3, 0.4) is 0 Å². The van der Waals surface area contributed by atoms with Crippen molar-refractivity contribution in [1.82, 2.24) is 9.47 Å². The maximum Gasteiger partial charge on any atom is 0.322 e. The summed E-state index contributed by atoms with van der Waals surface area (Å²) in [7, 11) is 0. The third-order valence-corrected chi connectivity index (χ3v) is 8.72. The molecule has 2 aromatic heterocycles. The number of urea groups is 1. The van der Waals surface area contributed by atoms with Gasteiger partial charge < -0.3 is 14.8 Å². The van der Waals surface area contributed by atoms with Crippen LogP contribution in [0.15, 0.2) is 60.8 Å². The van der Waals surface area contributed by atoms with Crippen LogP contribution in [0.4, 0.5) is 14.9 Å². The van der Waals surface area contributed by atoms with Gasteiger partial charge in [0, 0.05) is 22.3 Å². The third-order valence-electron chi connectivity index (χ3n) is 7.38. The number of nitrogens with zero attached hydrogens (tertiary/aromatic N) is 2. The van der Waals surface area contributed by atoms with E-state index in [1.807, 2.05) is 40.5 Å². The zero-order chi connectivity index (χ0) is 24.1. The molecule has 4 nitrogen and oxygen atoms in total. The van der Waals surface area contributed by atoms with Crippen molar-refractivity contribution in [3.05, 3.63) is 105 Å². The fraction of sp³-hybridized carbons (Fsp3) is 0.276. The van der Waals surface area contributed by atoms with Crippen LogP contribution in [0.25, 0.3) is 5.00 Å². The SMILES string of the molecule is Cc1ccc(NC(=O)N2Cc3c(sc4c3CCCC4)-n3cccc3[C@@H]2c2ccc(F)cc2)cc1C. The zero-order valence-corrected chi connectivity index (χ0v) is 20.8. The molecule has 1 aliphatic carbocycles. The molecule has 4 aromatic rings. The Morgan fingerprint density at radius 1 is 1.00 bits per heavy atom. The van der Waals surface area contributed by atoms with Gasteiger partial charge in [0.1, 0.15) is 10.8 Å². The van der Waals surface area contributed by atoms with Crippen molar-refractivity contribution in [3.63, 3.8) is 0 Å². The van der Waals surface area contributed by atoms with E-state index in [9.17, 15) is 9.18 Å².